The molecule has 0 amide bonds. The van der Waals surface area contributed by atoms with Gasteiger partial charge in [0.25, 0.3) is 0 Å². The Bertz CT molecular complexity index is 1090. The zero-order valence-corrected chi connectivity index (χ0v) is 14.5. The summed E-state index contributed by atoms with van der Waals surface area (Å²) >= 11 is 6.45. The number of nitrogens with zero attached hydrogens (tertiary/aromatic N) is 1. The standard InChI is InChI=1S/C21H17ClN2O/c1-13-5-2-9-19-14(13)11-20(25-19)21-18-8-4-10-24(18)17-7-3-6-16(22)15(17)12-23-21/h2-11,21,23H,12H2,1H3. The van der Waals surface area contributed by atoms with Gasteiger partial charge >= 0.3 is 0 Å². The molecular formula is C21H17ClN2O. The Balaban J connectivity index is 1.69. The summed E-state index contributed by atoms with van der Waals surface area (Å²) < 4.78 is 8.39. The maximum atomic E-state index is 6.45. The Hall–Kier alpha value is -2.49. The molecule has 1 atom stereocenters. The number of nitrogens with one attached hydrogen (secondary N) is 1. The largest absolute Gasteiger partial charge is 0.459 e. The number of aromatic nitrogens is 1. The van der Waals surface area contributed by atoms with E-state index in [0.29, 0.717) is 6.54 Å². The smallest absolute Gasteiger partial charge is 0.134 e. The van der Waals surface area contributed by atoms with Crippen molar-refractivity contribution in [3.63, 3.8) is 0 Å². The van der Waals surface area contributed by atoms with Crippen LogP contribution in [-0.4, -0.2) is 4.57 Å². The van der Waals surface area contributed by atoms with Gasteiger partial charge in [-0.3, -0.25) is 5.32 Å². The number of rotatable bonds is 1. The quantitative estimate of drug-likeness (QED) is 0.500. The third-order valence-electron chi connectivity index (χ3n) is 5.00. The lowest BCUT2D eigenvalue weighted by atomic mass is 10.1. The molecule has 0 bridgehead atoms. The van der Waals surface area contributed by atoms with E-state index in [4.69, 9.17) is 16.0 Å². The lowest BCUT2D eigenvalue weighted by Crippen LogP contribution is -2.20. The van der Waals surface area contributed by atoms with Gasteiger partial charge in [-0.2, -0.15) is 0 Å². The number of halogens is 1. The van der Waals surface area contributed by atoms with Crippen molar-refractivity contribution in [2.45, 2.75) is 19.5 Å². The number of hydrogen-bond donors (Lipinski definition) is 1. The molecule has 5 rings (SSSR count). The molecule has 1 aliphatic rings. The minimum Gasteiger partial charge on any atom is -0.459 e. The molecule has 0 fully saturated rings. The highest BCUT2D eigenvalue weighted by Gasteiger charge is 2.26. The minimum atomic E-state index is -0.0229. The fraction of sp³-hybridized carbons (Fsp3) is 0.143. The van der Waals surface area contributed by atoms with Crippen LogP contribution in [0.4, 0.5) is 0 Å². The molecule has 1 aliphatic heterocycles. The first-order valence-electron chi connectivity index (χ1n) is 8.40. The van der Waals surface area contributed by atoms with E-state index in [9.17, 15) is 0 Å². The lowest BCUT2D eigenvalue weighted by Gasteiger charge is -2.14. The molecule has 4 aromatic rings. The molecular weight excluding hydrogens is 332 g/mol. The highest BCUT2D eigenvalue weighted by atomic mass is 35.5. The summed E-state index contributed by atoms with van der Waals surface area (Å²) in [6, 6.07) is 18.5. The van der Waals surface area contributed by atoms with Gasteiger partial charge in [0.05, 0.1) is 5.69 Å². The second kappa shape index (κ2) is 5.51. The van der Waals surface area contributed by atoms with Crippen molar-refractivity contribution in [2.24, 2.45) is 0 Å². The van der Waals surface area contributed by atoms with Crippen molar-refractivity contribution in [1.29, 1.82) is 0 Å². The summed E-state index contributed by atoms with van der Waals surface area (Å²) in [5.41, 5.74) is 5.53. The molecule has 0 radical (unpaired) electrons. The maximum absolute atomic E-state index is 6.45. The molecule has 2 aromatic heterocycles. The Kier molecular flexibility index (Phi) is 3.27. The average molecular weight is 349 g/mol. The third-order valence-corrected chi connectivity index (χ3v) is 5.35. The molecule has 3 nitrogen and oxygen atoms in total. The summed E-state index contributed by atoms with van der Waals surface area (Å²) in [5, 5.41) is 5.57. The van der Waals surface area contributed by atoms with Gasteiger partial charge in [-0.1, -0.05) is 29.8 Å². The van der Waals surface area contributed by atoms with Gasteiger partial charge in [-0.05, 0) is 48.9 Å². The molecule has 0 saturated carbocycles. The normalized spacial score (nSPS) is 16.5. The van der Waals surface area contributed by atoms with Crippen LogP contribution in [0.2, 0.25) is 5.02 Å². The van der Waals surface area contributed by atoms with Gasteiger partial charge in [0.1, 0.15) is 17.4 Å². The molecule has 2 aromatic carbocycles. The highest BCUT2D eigenvalue weighted by molar-refractivity contribution is 6.31. The second-order valence-corrected chi connectivity index (χ2v) is 6.90. The molecule has 0 saturated heterocycles. The van der Waals surface area contributed by atoms with Gasteiger partial charge in [-0.15, -0.1) is 0 Å². The monoisotopic (exact) mass is 348 g/mol. The molecule has 0 aliphatic carbocycles. The van der Waals surface area contributed by atoms with E-state index < -0.39 is 0 Å². The molecule has 3 heterocycles. The van der Waals surface area contributed by atoms with Crippen molar-refractivity contribution in [2.75, 3.05) is 0 Å². The van der Waals surface area contributed by atoms with E-state index in [1.165, 1.54) is 5.56 Å². The van der Waals surface area contributed by atoms with Crippen LogP contribution in [0.15, 0.2) is 65.2 Å². The predicted molar refractivity (Wildman–Crippen MR) is 100 cm³/mol. The Morgan fingerprint density at radius 1 is 1.12 bits per heavy atom. The number of hydrogen-bond acceptors (Lipinski definition) is 2. The van der Waals surface area contributed by atoms with Crippen molar-refractivity contribution in [1.82, 2.24) is 9.88 Å². The van der Waals surface area contributed by atoms with Crippen molar-refractivity contribution >= 4 is 22.6 Å². The number of aryl methyl sites for hydroxylation is 1. The first kappa shape index (κ1) is 14.8. The van der Waals surface area contributed by atoms with Crippen LogP contribution in [0.1, 0.15) is 28.6 Å². The first-order valence-corrected chi connectivity index (χ1v) is 8.77. The summed E-state index contributed by atoms with van der Waals surface area (Å²) in [5.74, 6) is 0.924. The van der Waals surface area contributed by atoms with E-state index in [-0.39, 0.29) is 6.04 Å². The number of fused-ring (bicyclic) bond motifs is 4. The molecule has 4 heteroatoms. The van der Waals surface area contributed by atoms with Crippen LogP contribution in [0.25, 0.3) is 16.7 Å². The van der Waals surface area contributed by atoms with E-state index in [0.717, 1.165) is 38.7 Å². The Morgan fingerprint density at radius 3 is 2.88 bits per heavy atom. The van der Waals surface area contributed by atoms with Gasteiger partial charge in [-0.25, -0.2) is 0 Å². The Morgan fingerprint density at radius 2 is 2.00 bits per heavy atom. The Labute approximate surface area is 150 Å². The van der Waals surface area contributed by atoms with Crippen LogP contribution in [-0.2, 0) is 6.54 Å². The summed E-state index contributed by atoms with van der Waals surface area (Å²) in [7, 11) is 0. The molecule has 1 unspecified atom stereocenters. The van der Waals surface area contributed by atoms with Crippen LogP contribution < -0.4 is 5.32 Å². The van der Waals surface area contributed by atoms with E-state index >= 15 is 0 Å². The van der Waals surface area contributed by atoms with Gasteiger partial charge < -0.3 is 8.98 Å². The van der Waals surface area contributed by atoms with Crippen molar-refractivity contribution in [3.05, 3.63) is 88.4 Å². The van der Waals surface area contributed by atoms with Crippen LogP contribution >= 0.6 is 11.6 Å². The average Bonchev–Trinajstić information content (AvgIpc) is 3.22. The van der Waals surface area contributed by atoms with Crippen molar-refractivity contribution < 1.29 is 4.42 Å². The van der Waals surface area contributed by atoms with Crippen LogP contribution in [0.3, 0.4) is 0 Å². The molecule has 0 spiro atoms. The lowest BCUT2D eigenvalue weighted by molar-refractivity contribution is 0.465. The number of furan rings is 1. The topological polar surface area (TPSA) is 30.1 Å². The first-order chi connectivity index (χ1) is 12.2. The van der Waals surface area contributed by atoms with Crippen molar-refractivity contribution in [3.8, 4) is 5.69 Å². The zero-order valence-electron chi connectivity index (χ0n) is 13.8. The fourth-order valence-corrected chi connectivity index (χ4v) is 3.96. The highest BCUT2D eigenvalue weighted by Crippen LogP contribution is 2.35. The van der Waals surface area contributed by atoms with E-state index in [1.54, 1.807) is 0 Å². The summed E-state index contributed by atoms with van der Waals surface area (Å²) in [4.78, 5) is 0. The fourth-order valence-electron chi connectivity index (χ4n) is 3.72. The van der Waals surface area contributed by atoms with Gasteiger partial charge in [0.2, 0.25) is 0 Å². The SMILES string of the molecule is Cc1cccc2oc(C3NCc4c(Cl)cccc4-n4cccc43)cc12. The molecule has 124 valence electrons. The predicted octanol–water partition coefficient (Wildman–Crippen LogP) is 5.38. The van der Waals surface area contributed by atoms with E-state index in [1.807, 2.05) is 24.3 Å². The second-order valence-electron chi connectivity index (χ2n) is 6.49. The summed E-state index contributed by atoms with van der Waals surface area (Å²) in [6.07, 6.45) is 2.08. The number of benzene rings is 2. The molecule has 25 heavy (non-hydrogen) atoms. The maximum Gasteiger partial charge on any atom is 0.134 e. The van der Waals surface area contributed by atoms with Crippen LogP contribution in [0.5, 0.6) is 0 Å². The third kappa shape index (κ3) is 2.24. The zero-order chi connectivity index (χ0) is 17.0. The molecule has 1 N–H and O–H groups in total. The summed E-state index contributed by atoms with van der Waals surface area (Å²) in [6.45, 7) is 2.80. The minimum absolute atomic E-state index is 0.0229. The van der Waals surface area contributed by atoms with Gasteiger partial charge in [0.15, 0.2) is 0 Å². The van der Waals surface area contributed by atoms with Gasteiger partial charge in [0, 0.05) is 34.4 Å². The van der Waals surface area contributed by atoms with Crippen LogP contribution in [0, 0.1) is 6.92 Å². The van der Waals surface area contributed by atoms with E-state index in [2.05, 4.69) is 53.3 Å².